The van der Waals surface area contributed by atoms with Crippen molar-refractivity contribution in [3.63, 3.8) is 0 Å². The largest absolute Gasteiger partial charge is 0.487 e. The minimum absolute atomic E-state index is 0.208. The molecule has 3 aliphatic rings. The molecule has 3 aliphatic heterocycles. The van der Waals surface area contributed by atoms with Crippen molar-refractivity contribution in [2.75, 3.05) is 42.9 Å². The van der Waals surface area contributed by atoms with Gasteiger partial charge in [-0.3, -0.25) is 9.69 Å². The molecular formula is C25H34N6O3. The summed E-state index contributed by atoms with van der Waals surface area (Å²) in [7, 11) is 0. The minimum Gasteiger partial charge on any atom is -0.487 e. The smallest absolute Gasteiger partial charge is 0.261 e. The molecule has 0 radical (unpaired) electrons. The maximum atomic E-state index is 13.3. The Hall–Kier alpha value is -2.91. The number of amides is 1. The van der Waals surface area contributed by atoms with Crippen LogP contribution in [0, 0.1) is 0 Å². The molecule has 1 aromatic carbocycles. The van der Waals surface area contributed by atoms with Crippen molar-refractivity contribution in [2.24, 2.45) is 4.99 Å². The van der Waals surface area contributed by atoms with Gasteiger partial charge in [0.15, 0.2) is 5.82 Å². The second-order valence-corrected chi connectivity index (χ2v) is 10.8. The normalized spacial score (nSPS) is 19.5. The Labute approximate surface area is 200 Å². The van der Waals surface area contributed by atoms with E-state index in [1.165, 1.54) is 0 Å². The van der Waals surface area contributed by atoms with Gasteiger partial charge in [-0.2, -0.15) is 5.10 Å². The Morgan fingerprint density at radius 3 is 2.71 bits per heavy atom. The third-order valence-electron chi connectivity index (χ3n) is 6.49. The van der Waals surface area contributed by atoms with E-state index in [-0.39, 0.29) is 11.5 Å². The van der Waals surface area contributed by atoms with E-state index in [0.29, 0.717) is 17.9 Å². The van der Waals surface area contributed by atoms with E-state index < -0.39 is 5.60 Å². The third kappa shape index (κ3) is 4.67. The molecule has 9 nitrogen and oxygen atoms in total. The number of aliphatic imine (C=N–C) groups is 1. The van der Waals surface area contributed by atoms with Gasteiger partial charge in [-0.25, -0.2) is 9.67 Å². The summed E-state index contributed by atoms with van der Waals surface area (Å²) in [4.78, 5) is 22.3. The topological polar surface area (TPSA) is 95.2 Å². The van der Waals surface area contributed by atoms with Gasteiger partial charge in [-0.15, -0.1) is 0 Å². The average Bonchev–Trinajstić information content (AvgIpc) is 3.31. The van der Waals surface area contributed by atoms with E-state index in [2.05, 4.69) is 51.2 Å². The number of nitrogens with zero attached hydrogens (tertiary/aromatic N) is 5. The fourth-order valence-corrected chi connectivity index (χ4v) is 5.05. The number of ether oxygens (including phenoxy) is 1. The molecule has 34 heavy (non-hydrogen) atoms. The number of hydrogen-bond acceptors (Lipinski definition) is 7. The van der Waals surface area contributed by atoms with E-state index >= 15 is 0 Å². The summed E-state index contributed by atoms with van der Waals surface area (Å²) >= 11 is 0. The van der Waals surface area contributed by atoms with Crippen LogP contribution in [-0.4, -0.2) is 75.8 Å². The van der Waals surface area contributed by atoms with Crippen LogP contribution in [0.3, 0.4) is 0 Å². The summed E-state index contributed by atoms with van der Waals surface area (Å²) in [6.07, 6.45) is 5.04. The fourth-order valence-electron chi connectivity index (χ4n) is 5.05. The molecule has 182 valence electrons. The van der Waals surface area contributed by atoms with Crippen molar-refractivity contribution in [3.05, 3.63) is 29.5 Å². The molecule has 4 heterocycles. The number of rotatable bonds is 5. The van der Waals surface area contributed by atoms with Crippen molar-refractivity contribution in [1.29, 1.82) is 0 Å². The minimum atomic E-state index is -0.721. The van der Waals surface area contributed by atoms with E-state index in [1.807, 2.05) is 20.1 Å². The Bertz CT molecular complexity index is 1120. The number of nitrogens with one attached hydrogen (secondary N) is 1. The van der Waals surface area contributed by atoms with E-state index in [9.17, 15) is 9.90 Å². The lowest BCUT2D eigenvalue weighted by molar-refractivity contribution is 0.0345. The number of β-amino-alcohol motifs (C(OH)–C–C–N with tert-alkyl or cyclic N) is 1. The lowest BCUT2D eigenvalue weighted by Gasteiger charge is -2.39. The standard InChI is InChI=1S/C25H34N6O3/c1-24(2,33)16-29-8-10-30(11-9-29)20-13-21-17(14-25(3,4)34-21)12-19(20)28-23(32)18-15-27-31-7-5-6-26-22(18)31/h6,12-13,15,33H,5,7-11,14,16H2,1-4H3,(H,28,32). The van der Waals surface area contributed by atoms with Gasteiger partial charge >= 0.3 is 0 Å². The zero-order valence-electron chi connectivity index (χ0n) is 20.5. The SMILES string of the molecule is CC(C)(O)CN1CCN(c2cc3c(cc2NC(=O)c2cnn4c2N=CCC4)CC(C)(C)O3)CC1. The lowest BCUT2D eigenvalue weighted by atomic mass is 10.0. The second kappa shape index (κ2) is 8.39. The van der Waals surface area contributed by atoms with Crippen LogP contribution in [0.5, 0.6) is 5.75 Å². The number of fused-ring (bicyclic) bond motifs is 2. The Balaban J connectivity index is 1.41. The predicted molar refractivity (Wildman–Crippen MR) is 133 cm³/mol. The number of hydrogen-bond donors (Lipinski definition) is 2. The highest BCUT2D eigenvalue weighted by atomic mass is 16.5. The van der Waals surface area contributed by atoms with E-state index in [0.717, 1.165) is 68.3 Å². The molecule has 2 aromatic rings. The molecule has 0 spiro atoms. The highest BCUT2D eigenvalue weighted by Gasteiger charge is 2.33. The van der Waals surface area contributed by atoms with Crippen LogP contribution in [0.15, 0.2) is 23.3 Å². The number of carbonyl (C=O) groups excluding carboxylic acids is 1. The molecule has 5 rings (SSSR count). The quantitative estimate of drug-likeness (QED) is 0.704. The lowest BCUT2D eigenvalue weighted by Crippen LogP contribution is -2.50. The van der Waals surface area contributed by atoms with Crippen LogP contribution in [0.2, 0.25) is 0 Å². The number of aliphatic hydroxyl groups is 1. The first-order valence-corrected chi connectivity index (χ1v) is 12.0. The Kier molecular flexibility index (Phi) is 5.64. The molecule has 0 unspecified atom stereocenters. The molecule has 1 saturated heterocycles. The first-order valence-electron chi connectivity index (χ1n) is 12.0. The maximum Gasteiger partial charge on any atom is 0.261 e. The average molecular weight is 467 g/mol. The van der Waals surface area contributed by atoms with Gasteiger partial charge in [0.1, 0.15) is 16.9 Å². The Morgan fingerprint density at radius 1 is 1.21 bits per heavy atom. The summed E-state index contributed by atoms with van der Waals surface area (Å²) in [5.74, 6) is 1.28. The highest BCUT2D eigenvalue weighted by molar-refractivity contribution is 6.09. The van der Waals surface area contributed by atoms with Gasteiger partial charge in [0.2, 0.25) is 0 Å². The molecular weight excluding hydrogens is 432 g/mol. The number of benzene rings is 1. The number of aromatic nitrogens is 2. The van der Waals surface area contributed by atoms with Crippen LogP contribution in [0.25, 0.3) is 0 Å². The highest BCUT2D eigenvalue weighted by Crippen LogP contribution is 2.42. The molecule has 0 saturated carbocycles. The van der Waals surface area contributed by atoms with E-state index in [1.54, 1.807) is 10.9 Å². The Morgan fingerprint density at radius 2 is 1.97 bits per heavy atom. The molecule has 1 aromatic heterocycles. The van der Waals surface area contributed by atoms with Gasteiger partial charge < -0.3 is 20.1 Å². The van der Waals surface area contributed by atoms with E-state index in [4.69, 9.17) is 4.74 Å². The molecule has 1 amide bonds. The summed E-state index contributed by atoms with van der Waals surface area (Å²) in [5, 5.41) is 17.7. The van der Waals surface area contributed by atoms with Gasteiger partial charge in [-0.05, 0) is 33.8 Å². The zero-order valence-corrected chi connectivity index (χ0v) is 20.5. The number of piperazine rings is 1. The van der Waals surface area contributed by atoms with Crippen LogP contribution < -0.4 is 15.0 Å². The van der Waals surface area contributed by atoms with Crippen molar-refractivity contribution in [2.45, 2.75) is 58.3 Å². The van der Waals surface area contributed by atoms with Crippen LogP contribution in [0.4, 0.5) is 17.2 Å². The monoisotopic (exact) mass is 466 g/mol. The van der Waals surface area contributed by atoms with Gasteiger partial charge in [0.05, 0.1) is 23.2 Å². The summed E-state index contributed by atoms with van der Waals surface area (Å²) < 4.78 is 7.98. The van der Waals surface area contributed by atoms with Gasteiger partial charge in [0.25, 0.3) is 5.91 Å². The first kappa shape index (κ1) is 22.9. The maximum absolute atomic E-state index is 13.3. The molecule has 0 atom stereocenters. The third-order valence-corrected chi connectivity index (χ3v) is 6.49. The number of carbonyl (C=O) groups is 1. The molecule has 0 bridgehead atoms. The molecule has 1 fully saturated rings. The molecule has 9 heteroatoms. The fraction of sp³-hybridized carbons (Fsp3) is 0.560. The van der Waals surface area contributed by atoms with Crippen molar-refractivity contribution in [3.8, 4) is 5.75 Å². The first-order chi connectivity index (χ1) is 16.1. The predicted octanol–water partition coefficient (Wildman–Crippen LogP) is 2.85. The van der Waals surface area contributed by atoms with Crippen molar-refractivity contribution < 1.29 is 14.6 Å². The second-order valence-electron chi connectivity index (χ2n) is 10.8. The van der Waals surface area contributed by atoms with Gasteiger partial charge in [-0.1, -0.05) is 0 Å². The summed E-state index contributed by atoms with van der Waals surface area (Å²) in [6, 6.07) is 4.12. The van der Waals surface area contributed by atoms with Crippen molar-refractivity contribution in [1.82, 2.24) is 14.7 Å². The van der Waals surface area contributed by atoms with Crippen LogP contribution in [0.1, 0.15) is 50.0 Å². The number of aryl methyl sites for hydroxylation is 1. The van der Waals surface area contributed by atoms with Crippen LogP contribution in [-0.2, 0) is 13.0 Å². The van der Waals surface area contributed by atoms with Gasteiger partial charge in [0, 0.05) is 70.0 Å². The molecule has 2 N–H and O–H groups in total. The molecule has 0 aliphatic carbocycles. The summed E-state index contributed by atoms with van der Waals surface area (Å²) in [6.45, 7) is 12.5. The van der Waals surface area contributed by atoms with Crippen molar-refractivity contribution >= 4 is 29.3 Å². The zero-order chi connectivity index (χ0) is 24.1. The number of anilines is 2. The van der Waals surface area contributed by atoms with Crippen LogP contribution >= 0.6 is 0 Å². The summed E-state index contributed by atoms with van der Waals surface area (Å²) in [5.41, 5.74) is 2.32.